The topological polar surface area (TPSA) is 66.9 Å². The van der Waals surface area contributed by atoms with Gasteiger partial charge in [-0.15, -0.1) is 11.8 Å². The molecule has 1 aliphatic carbocycles. The van der Waals surface area contributed by atoms with E-state index in [1.54, 1.807) is 12.4 Å². The second-order valence-electron chi connectivity index (χ2n) is 7.75. The predicted octanol–water partition coefficient (Wildman–Crippen LogP) is 6.40. The molecule has 0 atom stereocenters. The lowest BCUT2D eigenvalue weighted by Crippen LogP contribution is -2.29. The van der Waals surface area contributed by atoms with Gasteiger partial charge in [0.15, 0.2) is 0 Å². The number of hydrogen-bond acceptors (Lipinski definition) is 4. The number of anilines is 1. The van der Waals surface area contributed by atoms with Gasteiger partial charge in [-0.25, -0.2) is 9.78 Å². The molecule has 1 aliphatic rings. The molecule has 2 aromatic heterocycles. The predicted molar refractivity (Wildman–Crippen MR) is 120 cm³/mol. The molecule has 0 radical (unpaired) electrons. The minimum absolute atomic E-state index is 0.0736. The number of benzene rings is 1. The van der Waals surface area contributed by atoms with E-state index in [9.17, 15) is 18.0 Å². The fraction of sp³-hybridized carbons (Fsp3) is 0.348. The highest BCUT2D eigenvalue weighted by Crippen LogP contribution is 2.36. The molecule has 0 spiro atoms. The van der Waals surface area contributed by atoms with Crippen LogP contribution in [0, 0.1) is 0 Å². The third-order valence-corrected chi connectivity index (χ3v) is 6.80. The molecule has 2 amide bonds. The number of rotatable bonds is 5. The maximum atomic E-state index is 13.2. The third kappa shape index (κ3) is 5.51. The SMILES string of the molecule is O=C(NCc1ccc(C(F)(F)F)nc1SC1CCCCC1)Nc1cncc2ccccc12. The number of fused-ring (bicyclic) bond motifs is 1. The summed E-state index contributed by atoms with van der Waals surface area (Å²) < 4.78 is 39.6. The van der Waals surface area contributed by atoms with Crippen LogP contribution < -0.4 is 10.6 Å². The van der Waals surface area contributed by atoms with Crippen molar-refractivity contribution in [2.24, 2.45) is 0 Å². The van der Waals surface area contributed by atoms with E-state index in [0.717, 1.165) is 48.9 Å². The van der Waals surface area contributed by atoms with Gasteiger partial charge in [0.05, 0.1) is 11.9 Å². The van der Waals surface area contributed by atoms with Crippen molar-refractivity contribution in [2.45, 2.75) is 55.1 Å². The zero-order valence-electron chi connectivity index (χ0n) is 17.3. The Labute approximate surface area is 188 Å². The van der Waals surface area contributed by atoms with Gasteiger partial charge in [-0.1, -0.05) is 49.6 Å². The normalized spacial score (nSPS) is 15.0. The van der Waals surface area contributed by atoms with E-state index in [2.05, 4.69) is 20.6 Å². The molecule has 1 aromatic carbocycles. The van der Waals surface area contributed by atoms with Crippen molar-refractivity contribution in [3.8, 4) is 0 Å². The Morgan fingerprint density at radius 1 is 1.06 bits per heavy atom. The van der Waals surface area contributed by atoms with E-state index >= 15 is 0 Å². The molecule has 0 bridgehead atoms. The molecular formula is C23H23F3N4OS. The summed E-state index contributed by atoms with van der Waals surface area (Å²) in [5, 5.41) is 7.83. The number of urea groups is 1. The van der Waals surface area contributed by atoms with Crippen LogP contribution >= 0.6 is 11.8 Å². The number of carbonyl (C=O) groups excluding carboxylic acids is 1. The molecule has 5 nitrogen and oxygen atoms in total. The van der Waals surface area contributed by atoms with Gasteiger partial charge in [-0.2, -0.15) is 13.2 Å². The number of thioether (sulfide) groups is 1. The fourth-order valence-electron chi connectivity index (χ4n) is 3.76. The lowest BCUT2D eigenvalue weighted by molar-refractivity contribution is -0.141. The second kappa shape index (κ2) is 9.77. The van der Waals surface area contributed by atoms with Gasteiger partial charge >= 0.3 is 12.2 Å². The summed E-state index contributed by atoms with van der Waals surface area (Å²) in [6.07, 6.45) is 4.00. The number of nitrogens with one attached hydrogen (secondary N) is 2. The van der Waals surface area contributed by atoms with Crippen LogP contribution in [0.5, 0.6) is 0 Å². The number of carbonyl (C=O) groups is 1. The average molecular weight is 461 g/mol. The molecule has 4 rings (SSSR count). The van der Waals surface area contributed by atoms with Gasteiger partial charge < -0.3 is 10.6 Å². The molecule has 3 aromatic rings. The Kier molecular flexibility index (Phi) is 6.83. The minimum atomic E-state index is -4.51. The first-order valence-electron chi connectivity index (χ1n) is 10.5. The van der Waals surface area contributed by atoms with Gasteiger partial charge in [0.2, 0.25) is 0 Å². The molecule has 2 heterocycles. The van der Waals surface area contributed by atoms with Crippen LogP contribution in [0.1, 0.15) is 43.4 Å². The van der Waals surface area contributed by atoms with Crippen LogP contribution in [0.4, 0.5) is 23.7 Å². The van der Waals surface area contributed by atoms with Crippen molar-refractivity contribution in [2.75, 3.05) is 5.32 Å². The number of nitrogens with zero attached hydrogens (tertiary/aromatic N) is 2. The van der Waals surface area contributed by atoms with E-state index < -0.39 is 17.9 Å². The van der Waals surface area contributed by atoms with E-state index in [-0.39, 0.29) is 11.8 Å². The number of hydrogen-bond donors (Lipinski definition) is 2. The van der Waals surface area contributed by atoms with Crippen molar-refractivity contribution >= 4 is 34.3 Å². The summed E-state index contributed by atoms with van der Waals surface area (Å²) in [7, 11) is 0. The average Bonchev–Trinajstić information content (AvgIpc) is 2.78. The minimum Gasteiger partial charge on any atom is -0.334 e. The molecule has 0 unspecified atom stereocenters. The van der Waals surface area contributed by atoms with E-state index in [1.165, 1.54) is 17.8 Å². The Morgan fingerprint density at radius 2 is 1.84 bits per heavy atom. The maximum Gasteiger partial charge on any atom is 0.433 e. The first kappa shape index (κ1) is 22.4. The Balaban J connectivity index is 1.48. The Bertz CT molecular complexity index is 1090. The number of amides is 2. The van der Waals surface area contributed by atoms with Gasteiger partial charge in [-0.3, -0.25) is 4.98 Å². The van der Waals surface area contributed by atoms with Crippen LogP contribution in [0.15, 0.2) is 53.8 Å². The van der Waals surface area contributed by atoms with Crippen LogP contribution in [0.25, 0.3) is 10.8 Å². The Morgan fingerprint density at radius 3 is 2.62 bits per heavy atom. The van der Waals surface area contributed by atoms with Crippen LogP contribution in [0.3, 0.4) is 0 Å². The Hall–Kier alpha value is -2.81. The standard InChI is InChI=1S/C23H23F3N4OS/c24-23(25,26)20-11-10-16(21(30-20)32-17-7-2-1-3-8-17)13-28-22(31)29-19-14-27-12-15-6-4-5-9-18(15)19/h4-6,9-12,14,17H,1-3,7-8,13H2,(H2,28,29,31). The van der Waals surface area contributed by atoms with Crippen molar-refractivity contribution < 1.29 is 18.0 Å². The zero-order chi connectivity index (χ0) is 22.6. The largest absolute Gasteiger partial charge is 0.433 e. The quantitative estimate of drug-likeness (QED) is 0.463. The van der Waals surface area contributed by atoms with Crippen molar-refractivity contribution in [1.29, 1.82) is 0 Å². The van der Waals surface area contributed by atoms with E-state index in [0.29, 0.717) is 16.3 Å². The van der Waals surface area contributed by atoms with Crippen LogP contribution in [0.2, 0.25) is 0 Å². The fourth-order valence-corrected chi connectivity index (χ4v) is 5.09. The highest BCUT2D eigenvalue weighted by Gasteiger charge is 2.33. The summed E-state index contributed by atoms with van der Waals surface area (Å²) in [6.45, 7) is 0.0736. The highest BCUT2D eigenvalue weighted by molar-refractivity contribution is 7.99. The summed E-state index contributed by atoms with van der Waals surface area (Å²) in [6, 6.07) is 9.44. The van der Waals surface area contributed by atoms with E-state index in [4.69, 9.17) is 0 Å². The molecule has 1 saturated carbocycles. The van der Waals surface area contributed by atoms with Crippen molar-refractivity contribution in [3.05, 3.63) is 60.0 Å². The third-order valence-electron chi connectivity index (χ3n) is 5.42. The molecule has 32 heavy (non-hydrogen) atoms. The van der Waals surface area contributed by atoms with Gasteiger partial charge in [0.25, 0.3) is 0 Å². The molecule has 1 fully saturated rings. The molecule has 9 heteroatoms. The van der Waals surface area contributed by atoms with Gasteiger partial charge in [0, 0.05) is 34.3 Å². The number of alkyl halides is 3. The lowest BCUT2D eigenvalue weighted by atomic mass is 10.0. The molecular weight excluding hydrogens is 437 g/mol. The van der Waals surface area contributed by atoms with Crippen molar-refractivity contribution in [1.82, 2.24) is 15.3 Å². The summed E-state index contributed by atoms with van der Waals surface area (Å²) in [5.41, 5.74) is 0.216. The smallest absolute Gasteiger partial charge is 0.334 e. The first-order chi connectivity index (χ1) is 15.4. The van der Waals surface area contributed by atoms with E-state index in [1.807, 2.05) is 24.3 Å². The second-order valence-corrected chi connectivity index (χ2v) is 9.04. The zero-order valence-corrected chi connectivity index (χ0v) is 18.1. The maximum absolute atomic E-state index is 13.2. The summed E-state index contributed by atoms with van der Waals surface area (Å²) in [5.74, 6) is 0. The molecule has 0 saturated heterocycles. The van der Waals surface area contributed by atoms with Crippen molar-refractivity contribution in [3.63, 3.8) is 0 Å². The molecule has 0 aliphatic heterocycles. The lowest BCUT2D eigenvalue weighted by Gasteiger charge is -2.22. The first-order valence-corrected chi connectivity index (χ1v) is 11.4. The summed E-state index contributed by atoms with van der Waals surface area (Å²) in [4.78, 5) is 20.5. The number of halogens is 3. The van der Waals surface area contributed by atoms with Gasteiger partial charge in [-0.05, 0) is 18.9 Å². The van der Waals surface area contributed by atoms with Crippen LogP contribution in [-0.4, -0.2) is 21.2 Å². The molecule has 2 N–H and O–H groups in total. The van der Waals surface area contributed by atoms with Crippen LogP contribution in [-0.2, 0) is 12.7 Å². The number of aromatic nitrogens is 2. The highest BCUT2D eigenvalue weighted by atomic mass is 32.2. The monoisotopic (exact) mass is 460 g/mol. The van der Waals surface area contributed by atoms with Gasteiger partial charge in [0.1, 0.15) is 10.7 Å². The number of pyridine rings is 2. The molecule has 168 valence electrons. The summed E-state index contributed by atoms with van der Waals surface area (Å²) >= 11 is 1.39.